The fourth-order valence-corrected chi connectivity index (χ4v) is 1.43. The Morgan fingerprint density at radius 3 is 2.63 bits per heavy atom. The van der Waals surface area contributed by atoms with Crippen LogP contribution in [0.25, 0.3) is 0 Å². The summed E-state index contributed by atoms with van der Waals surface area (Å²) >= 11 is 0. The Bertz CT molecular complexity index is 595. The first kappa shape index (κ1) is 12.9. The fourth-order valence-electron chi connectivity index (χ4n) is 1.43. The molecule has 1 N–H and O–H groups in total. The molecular formula is C10H7F3N4O2. The zero-order chi connectivity index (χ0) is 14.0. The first-order chi connectivity index (χ1) is 8.88. The van der Waals surface area contributed by atoms with Crippen LogP contribution in [0.5, 0.6) is 0 Å². The second-order valence-corrected chi connectivity index (χ2v) is 3.57. The predicted molar refractivity (Wildman–Crippen MR) is 59.3 cm³/mol. The highest BCUT2D eigenvalue weighted by atomic mass is 19.4. The summed E-state index contributed by atoms with van der Waals surface area (Å²) in [4.78, 5) is 13.7. The van der Waals surface area contributed by atoms with Crippen molar-refractivity contribution in [3.8, 4) is 0 Å². The summed E-state index contributed by atoms with van der Waals surface area (Å²) in [5.41, 5.74) is 0.765. The minimum atomic E-state index is -4.57. The summed E-state index contributed by atoms with van der Waals surface area (Å²) in [6.45, 7) is 0. The zero-order valence-corrected chi connectivity index (χ0v) is 9.26. The number of imidazole rings is 1. The molecule has 0 aliphatic carbocycles. The van der Waals surface area contributed by atoms with E-state index < -0.39 is 22.4 Å². The highest BCUT2D eigenvalue weighted by molar-refractivity contribution is 5.62. The minimum Gasteiger partial charge on any atom is -0.287 e. The largest absolute Gasteiger partial charge is 0.416 e. The van der Waals surface area contributed by atoms with Crippen molar-refractivity contribution in [2.75, 3.05) is 5.43 Å². The van der Waals surface area contributed by atoms with Crippen LogP contribution in [0.15, 0.2) is 36.9 Å². The van der Waals surface area contributed by atoms with Crippen molar-refractivity contribution in [3.05, 3.63) is 52.6 Å². The van der Waals surface area contributed by atoms with Crippen molar-refractivity contribution in [3.63, 3.8) is 0 Å². The smallest absolute Gasteiger partial charge is 0.287 e. The molecule has 0 spiro atoms. The van der Waals surface area contributed by atoms with Gasteiger partial charge in [-0.1, -0.05) is 0 Å². The van der Waals surface area contributed by atoms with Crippen molar-refractivity contribution in [2.24, 2.45) is 0 Å². The lowest BCUT2D eigenvalue weighted by Crippen LogP contribution is -2.11. The number of nitrogens with zero attached hydrogens (tertiary/aromatic N) is 3. The number of hydrogen-bond acceptors (Lipinski definition) is 4. The average molecular weight is 272 g/mol. The molecule has 6 nitrogen and oxygen atoms in total. The summed E-state index contributed by atoms with van der Waals surface area (Å²) in [5.74, 6) is 0. The fraction of sp³-hybridized carbons (Fsp3) is 0.100. The van der Waals surface area contributed by atoms with Gasteiger partial charge in [0.2, 0.25) is 0 Å². The van der Waals surface area contributed by atoms with E-state index in [0.29, 0.717) is 12.1 Å². The second-order valence-electron chi connectivity index (χ2n) is 3.57. The molecule has 1 aromatic heterocycles. The van der Waals surface area contributed by atoms with Gasteiger partial charge in [0.15, 0.2) is 0 Å². The SMILES string of the molecule is O=[N+]([O-])c1ccc(C(F)(F)F)cc1Nn1ccnc1. The van der Waals surface area contributed by atoms with E-state index >= 15 is 0 Å². The third kappa shape index (κ3) is 2.81. The molecule has 9 heteroatoms. The molecule has 0 aliphatic rings. The van der Waals surface area contributed by atoms with E-state index in [4.69, 9.17) is 0 Å². The maximum atomic E-state index is 12.6. The molecule has 1 aromatic carbocycles. The summed E-state index contributed by atoms with van der Waals surface area (Å²) in [6.07, 6.45) is -0.513. The summed E-state index contributed by atoms with van der Waals surface area (Å²) in [5, 5.41) is 10.8. The van der Waals surface area contributed by atoms with E-state index in [1.54, 1.807) is 0 Å². The topological polar surface area (TPSA) is 73.0 Å². The van der Waals surface area contributed by atoms with Gasteiger partial charge >= 0.3 is 6.18 Å². The number of benzene rings is 1. The van der Waals surface area contributed by atoms with Gasteiger partial charge in [-0.25, -0.2) is 4.98 Å². The van der Waals surface area contributed by atoms with E-state index in [1.165, 1.54) is 23.4 Å². The molecule has 1 heterocycles. The molecule has 0 atom stereocenters. The van der Waals surface area contributed by atoms with Gasteiger partial charge in [-0.2, -0.15) is 13.2 Å². The van der Waals surface area contributed by atoms with Gasteiger partial charge in [0, 0.05) is 18.5 Å². The van der Waals surface area contributed by atoms with Crippen LogP contribution in [-0.2, 0) is 6.18 Å². The number of alkyl halides is 3. The number of nitrogens with one attached hydrogen (secondary N) is 1. The Hall–Kier alpha value is -2.58. The number of hydrogen-bond donors (Lipinski definition) is 1. The maximum absolute atomic E-state index is 12.6. The number of nitro groups is 1. The third-order valence-electron chi connectivity index (χ3n) is 2.27. The predicted octanol–water partition coefficient (Wildman–Crippen LogP) is 2.69. The molecule has 0 bridgehead atoms. The third-order valence-corrected chi connectivity index (χ3v) is 2.27. The van der Waals surface area contributed by atoms with Crippen LogP contribution in [0.2, 0.25) is 0 Å². The van der Waals surface area contributed by atoms with Crippen molar-refractivity contribution in [1.29, 1.82) is 0 Å². The maximum Gasteiger partial charge on any atom is 0.416 e. The van der Waals surface area contributed by atoms with Crippen LogP contribution < -0.4 is 5.43 Å². The molecule has 0 aliphatic heterocycles. The molecule has 0 radical (unpaired) electrons. The van der Waals surface area contributed by atoms with E-state index in [9.17, 15) is 23.3 Å². The van der Waals surface area contributed by atoms with E-state index in [0.717, 1.165) is 6.07 Å². The van der Waals surface area contributed by atoms with Gasteiger partial charge in [0.1, 0.15) is 12.0 Å². The number of rotatable bonds is 3. The van der Waals surface area contributed by atoms with Crippen LogP contribution in [-0.4, -0.2) is 14.6 Å². The molecule has 100 valence electrons. The summed E-state index contributed by atoms with van der Waals surface area (Å²) < 4.78 is 38.9. The number of aromatic nitrogens is 2. The molecule has 0 unspecified atom stereocenters. The van der Waals surface area contributed by atoms with Crippen LogP contribution in [0.3, 0.4) is 0 Å². The molecule has 2 aromatic rings. The molecular weight excluding hydrogens is 265 g/mol. The molecule has 2 rings (SSSR count). The highest BCUT2D eigenvalue weighted by Gasteiger charge is 2.32. The zero-order valence-electron chi connectivity index (χ0n) is 9.26. The first-order valence-corrected chi connectivity index (χ1v) is 4.98. The van der Waals surface area contributed by atoms with E-state index in [2.05, 4.69) is 10.4 Å². The van der Waals surface area contributed by atoms with E-state index in [1.807, 2.05) is 0 Å². The minimum absolute atomic E-state index is 0.266. The van der Waals surface area contributed by atoms with Crippen molar-refractivity contribution in [2.45, 2.75) is 6.18 Å². The quantitative estimate of drug-likeness (QED) is 0.688. The van der Waals surface area contributed by atoms with Gasteiger partial charge < -0.3 is 0 Å². The van der Waals surface area contributed by atoms with Crippen LogP contribution in [0.4, 0.5) is 24.5 Å². The summed E-state index contributed by atoms with van der Waals surface area (Å²) in [7, 11) is 0. The van der Waals surface area contributed by atoms with Gasteiger partial charge in [0.05, 0.1) is 10.5 Å². The molecule has 19 heavy (non-hydrogen) atoms. The monoisotopic (exact) mass is 272 g/mol. The number of anilines is 1. The molecule has 0 saturated carbocycles. The first-order valence-electron chi connectivity index (χ1n) is 4.98. The Morgan fingerprint density at radius 2 is 2.11 bits per heavy atom. The number of halogens is 3. The molecule has 0 saturated heterocycles. The Labute approximate surface area is 104 Å². The van der Waals surface area contributed by atoms with Gasteiger partial charge in [-0.05, 0) is 12.1 Å². The normalized spacial score (nSPS) is 11.3. The summed E-state index contributed by atoms with van der Waals surface area (Å²) in [6, 6.07) is 2.15. The average Bonchev–Trinajstić information content (AvgIpc) is 2.80. The van der Waals surface area contributed by atoms with Crippen LogP contribution in [0.1, 0.15) is 5.56 Å². The van der Waals surface area contributed by atoms with Crippen LogP contribution in [0, 0.1) is 10.1 Å². The number of nitro benzene ring substituents is 1. The Morgan fingerprint density at radius 1 is 1.37 bits per heavy atom. The standard InChI is InChI=1S/C10H7F3N4O2/c11-10(12,13)7-1-2-9(17(18)19)8(5-7)15-16-4-3-14-6-16/h1-6,15H. The lowest BCUT2D eigenvalue weighted by atomic mass is 10.1. The molecule has 0 amide bonds. The van der Waals surface area contributed by atoms with Crippen LogP contribution >= 0.6 is 0 Å². The van der Waals surface area contributed by atoms with Gasteiger partial charge in [0.25, 0.3) is 5.69 Å². The van der Waals surface area contributed by atoms with Gasteiger partial charge in [-0.3, -0.25) is 20.2 Å². The highest BCUT2D eigenvalue weighted by Crippen LogP contribution is 2.34. The Kier molecular flexibility index (Phi) is 3.11. The lowest BCUT2D eigenvalue weighted by molar-refractivity contribution is -0.384. The van der Waals surface area contributed by atoms with E-state index in [-0.39, 0.29) is 5.69 Å². The second kappa shape index (κ2) is 4.59. The molecule has 0 fully saturated rings. The van der Waals surface area contributed by atoms with Gasteiger partial charge in [-0.15, -0.1) is 0 Å². The van der Waals surface area contributed by atoms with Crippen molar-refractivity contribution in [1.82, 2.24) is 9.66 Å². The Balaban J connectivity index is 2.45. The van der Waals surface area contributed by atoms with Crippen molar-refractivity contribution >= 4 is 11.4 Å². The van der Waals surface area contributed by atoms with Crippen molar-refractivity contribution < 1.29 is 18.1 Å². The lowest BCUT2D eigenvalue weighted by Gasteiger charge is -2.11.